The zero-order valence-corrected chi connectivity index (χ0v) is 10.7. The van der Waals surface area contributed by atoms with E-state index in [0.717, 1.165) is 5.56 Å². The summed E-state index contributed by atoms with van der Waals surface area (Å²) in [5, 5.41) is 8.83. The third-order valence-electron chi connectivity index (χ3n) is 2.49. The van der Waals surface area contributed by atoms with E-state index < -0.39 is 6.04 Å². The van der Waals surface area contributed by atoms with Crippen LogP contribution in [0.25, 0.3) is 0 Å². The Morgan fingerprint density at radius 2 is 2.00 bits per heavy atom. The average Bonchev–Trinajstić information content (AvgIpc) is 2.35. The summed E-state index contributed by atoms with van der Waals surface area (Å²) in [6.45, 7) is 2.71. The van der Waals surface area contributed by atoms with Crippen LogP contribution in [0.3, 0.4) is 0 Å². The number of amides is 1. The molecule has 17 heavy (non-hydrogen) atoms. The highest BCUT2D eigenvalue weighted by atomic mass is 35.5. The molecule has 0 radical (unpaired) electrons. The lowest BCUT2D eigenvalue weighted by Crippen LogP contribution is -2.40. The highest BCUT2D eigenvalue weighted by molar-refractivity contribution is 5.85. The lowest BCUT2D eigenvalue weighted by atomic mass is 10.1. The van der Waals surface area contributed by atoms with Gasteiger partial charge in [-0.1, -0.05) is 30.3 Å². The maximum absolute atomic E-state index is 12.0. The molecule has 0 aliphatic heterocycles. The van der Waals surface area contributed by atoms with E-state index in [-0.39, 0.29) is 24.9 Å². The van der Waals surface area contributed by atoms with Gasteiger partial charge < -0.3 is 15.7 Å². The molecule has 0 saturated carbocycles. The van der Waals surface area contributed by atoms with Gasteiger partial charge in [-0.25, -0.2) is 0 Å². The summed E-state index contributed by atoms with van der Waals surface area (Å²) in [7, 11) is 0. The van der Waals surface area contributed by atoms with E-state index in [9.17, 15) is 4.79 Å². The van der Waals surface area contributed by atoms with Crippen LogP contribution in [-0.4, -0.2) is 35.6 Å². The van der Waals surface area contributed by atoms with Crippen molar-refractivity contribution < 1.29 is 9.90 Å². The number of nitrogens with zero attached hydrogens (tertiary/aromatic N) is 1. The van der Waals surface area contributed by atoms with Crippen LogP contribution in [-0.2, 0) is 4.79 Å². The number of benzene rings is 1. The highest BCUT2D eigenvalue weighted by Gasteiger charge is 2.20. The van der Waals surface area contributed by atoms with Crippen molar-refractivity contribution in [3.05, 3.63) is 35.9 Å². The summed E-state index contributed by atoms with van der Waals surface area (Å²) in [5.41, 5.74) is 6.67. The normalized spacial score (nSPS) is 11.5. The average molecular weight is 259 g/mol. The minimum atomic E-state index is -0.646. The first-order valence-corrected chi connectivity index (χ1v) is 5.40. The summed E-state index contributed by atoms with van der Waals surface area (Å²) in [6, 6.07) is 8.60. The van der Waals surface area contributed by atoms with Crippen LogP contribution < -0.4 is 5.73 Å². The van der Waals surface area contributed by atoms with E-state index in [1.807, 2.05) is 37.3 Å². The summed E-state index contributed by atoms with van der Waals surface area (Å²) >= 11 is 0. The van der Waals surface area contributed by atoms with Crippen LogP contribution in [0.5, 0.6) is 0 Å². The molecule has 0 fully saturated rings. The number of hydrogen-bond acceptors (Lipinski definition) is 3. The van der Waals surface area contributed by atoms with Crippen molar-refractivity contribution in [2.24, 2.45) is 5.73 Å². The van der Waals surface area contributed by atoms with Gasteiger partial charge >= 0.3 is 0 Å². The highest BCUT2D eigenvalue weighted by Crippen LogP contribution is 2.12. The number of hydrogen-bond donors (Lipinski definition) is 2. The zero-order chi connectivity index (χ0) is 12.0. The monoisotopic (exact) mass is 258 g/mol. The number of carbonyl (C=O) groups excluding carboxylic acids is 1. The first kappa shape index (κ1) is 15.9. The van der Waals surface area contributed by atoms with Crippen molar-refractivity contribution in [1.82, 2.24) is 4.90 Å². The zero-order valence-electron chi connectivity index (χ0n) is 9.87. The molecule has 3 N–H and O–H groups in total. The van der Waals surface area contributed by atoms with E-state index in [2.05, 4.69) is 0 Å². The molecule has 1 aromatic rings. The van der Waals surface area contributed by atoms with Gasteiger partial charge in [0.05, 0.1) is 6.61 Å². The Kier molecular flexibility index (Phi) is 7.54. The summed E-state index contributed by atoms with van der Waals surface area (Å²) in [4.78, 5) is 13.5. The molecule has 1 atom stereocenters. The van der Waals surface area contributed by atoms with Gasteiger partial charge in [0.2, 0.25) is 5.91 Å². The van der Waals surface area contributed by atoms with Gasteiger partial charge in [-0.3, -0.25) is 4.79 Å². The molecule has 96 valence electrons. The lowest BCUT2D eigenvalue weighted by molar-refractivity contribution is -0.133. The maximum atomic E-state index is 12.0. The molecule has 0 spiro atoms. The Morgan fingerprint density at radius 1 is 1.41 bits per heavy atom. The fraction of sp³-hybridized carbons (Fsp3) is 0.417. The predicted octanol–water partition coefficient (Wildman–Crippen LogP) is 0.949. The van der Waals surface area contributed by atoms with Crippen molar-refractivity contribution in [3.8, 4) is 0 Å². The molecule has 1 amide bonds. The SMILES string of the molecule is CCN(CCO)C(=O)C(N)c1ccccc1.Cl. The van der Waals surface area contributed by atoms with Gasteiger partial charge in [0.1, 0.15) is 6.04 Å². The molecular weight excluding hydrogens is 240 g/mol. The Labute approximate surface area is 108 Å². The first-order valence-electron chi connectivity index (χ1n) is 5.40. The van der Waals surface area contributed by atoms with Crippen molar-refractivity contribution in [1.29, 1.82) is 0 Å². The predicted molar refractivity (Wildman–Crippen MR) is 70.0 cm³/mol. The number of nitrogens with two attached hydrogens (primary N) is 1. The molecular formula is C12H19ClN2O2. The first-order chi connectivity index (χ1) is 7.70. The van der Waals surface area contributed by atoms with Gasteiger partial charge in [0.25, 0.3) is 0 Å². The molecule has 5 heteroatoms. The molecule has 0 aliphatic rings. The Bertz CT molecular complexity index is 333. The van der Waals surface area contributed by atoms with E-state index >= 15 is 0 Å². The van der Waals surface area contributed by atoms with E-state index in [1.165, 1.54) is 0 Å². The fourth-order valence-corrected chi connectivity index (χ4v) is 1.54. The summed E-state index contributed by atoms with van der Waals surface area (Å²) in [5.74, 6) is -0.150. The third-order valence-corrected chi connectivity index (χ3v) is 2.49. The smallest absolute Gasteiger partial charge is 0.244 e. The van der Waals surface area contributed by atoms with Crippen LogP contribution in [0.1, 0.15) is 18.5 Å². The van der Waals surface area contributed by atoms with Crippen molar-refractivity contribution in [2.45, 2.75) is 13.0 Å². The second kappa shape index (κ2) is 8.06. The lowest BCUT2D eigenvalue weighted by Gasteiger charge is -2.23. The molecule has 0 heterocycles. The number of halogens is 1. The van der Waals surface area contributed by atoms with Gasteiger partial charge in [-0.2, -0.15) is 0 Å². The largest absolute Gasteiger partial charge is 0.395 e. The van der Waals surface area contributed by atoms with Crippen LogP contribution >= 0.6 is 12.4 Å². The Morgan fingerprint density at radius 3 is 2.47 bits per heavy atom. The topological polar surface area (TPSA) is 66.6 Å². The third kappa shape index (κ3) is 4.34. The molecule has 1 unspecified atom stereocenters. The summed E-state index contributed by atoms with van der Waals surface area (Å²) < 4.78 is 0. The quantitative estimate of drug-likeness (QED) is 0.826. The molecule has 1 rings (SSSR count). The van der Waals surface area contributed by atoms with E-state index in [1.54, 1.807) is 4.90 Å². The molecule has 1 aromatic carbocycles. The second-order valence-corrected chi connectivity index (χ2v) is 3.53. The van der Waals surface area contributed by atoms with Crippen LogP contribution in [0.4, 0.5) is 0 Å². The van der Waals surface area contributed by atoms with Crippen LogP contribution in [0, 0.1) is 0 Å². The van der Waals surface area contributed by atoms with Crippen LogP contribution in [0.2, 0.25) is 0 Å². The standard InChI is InChI=1S/C12H18N2O2.ClH/c1-2-14(8-9-15)12(16)11(13)10-6-4-3-5-7-10;/h3-7,11,15H,2,8-9,13H2,1H3;1H. The molecule has 4 nitrogen and oxygen atoms in total. The number of aliphatic hydroxyl groups is 1. The molecule has 0 saturated heterocycles. The Hall–Kier alpha value is -1.10. The number of aliphatic hydroxyl groups excluding tert-OH is 1. The fourth-order valence-electron chi connectivity index (χ4n) is 1.54. The maximum Gasteiger partial charge on any atom is 0.244 e. The van der Waals surface area contributed by atoms with E-state index in [0.29, 0.717) is 13.1 Å². The minimum absolute atomic E-state index is 0. The second-order valence-electron chi connectivity index (χ2n) is 3.53. The molecule has 0 aliphatic carbocycles. The number of carbonyl (C=O) groups is 1. The van der Waals surface area contributed by atoms with Crippen molar-refractivity contribution >= 4 is 18.3 Å². The van der Waals surface area contributed by atoms with Gasteiger partial charge in [-0.05, 0) is 12.5 Å². The number of rotatable bonds is 5. The van der Waals surface area contributed by atoms with Gasteiger partial charge in [0.15, 0.2) is 0 Å². The Balaban J connectivity index is 0.00000256. The summed E-state index contributed by atoms with van der Waals surface area (Å²) in [6.07, 6.45) is 0. The molecule has 0 aromatic heterocycles. The van der Waals surface area contributed by atoms with Crippen molar-refractivity contribution in [2.75, 3.05) is 19.7 Å². The minimum Gasteiger partial charge on any atom is -0.395 e. The van der Waals surface area contributed by atoms with E-state index in [4.69, 9.17) is 10.8 Å². The number of likely N-dealkylation sites (N-methyl/N-ethyl adjacent to an activating group) is 1. The van der Waals surface area contributed by atoms with Crippen LogP contribution in [0.15, 0.2) is 30.3 Å². The van der Waals surface area contributed by atoms with Crippen molar-refractivity contribution in [3.63, 3.8) is 0 Å². The molecule has 0 bridgehead atoms. The van der Waals surface area contributed by atoms with Gasteiger partial charge in [0, 0.05) is 13.1 Å². The van der Waals surface area contributed by atoms with Gasteiger partial charge in [-0.15, -0.1) is 12.4 Å².